The van der Waals surface area contributed by atoms with Crippen molar-refractivity contribution in [3.63, 3.8) is 0 Å². The number of halogens is 2. The minimum atomic E-state index is 1.19. The zero-order chi connectivity index (χ0) is 39.0. The standard InChI is InChI=1S/C52H88Br2S/c53-51-43-39-49(40-44-51)37-33-29-25-21-17-13-9-5-1-3-7-11-15-19-23-27-31-35-47-55-48-36-32-28-24-20-16-12-8-4-2-6-10-14-18-22-26-30-34-38-50-41-45-52(54)46-42-50/h39-46H,1-38,47-48H2. The molecule has 0 N–H and O–H groups in total. The molecule has 0 spiro atoms. The van der Waals surface area contributed by atoms with E-state index in [1.807, 2.05) is 0 Å². The minimum absolute atomic E-state index is 1.19. The second-order valence-electron chi connectivity index (χ2n) is 17.1. The fraction of sp³-hybridized carbons (Fsp3) is 0.769. The second kappa shape index (κ2) is 40.5. The summed E-state index contributed by atoms with van der Waals surface area (Å²) in [5.74, 6) is 2.81. The topological polar surface area (TPSA) is 0 Å². The molecule has 0 aliphatic rings. The highest BCUT2D eigenvalue weighted by Gasteiger charge is 2.00. The maximum Gasteiger partial charge on any atom is 0.0175 e. The molecule has 0 saturated heterocycles. The van der Waals surface area contributed by atoms with Crippen molar-refractivity contribution in [3.05, 3.63) is 68.6 Å². The molecule has 0 nitrogen and oxygen atoms in total. The SMILES string of the molecule is Brc1ccc(CCCCCCCCCCCCCCCCCCCCSCCCCCCCCCCCCCCCCCCCCc2ccc(Br)cc2)cc1. The lowest BCUT2D eigenvalue weighted by atomic mass is 10.0. The average molecular weight is 905 g/mol. The van der Waals surface area contributed by atoms with Crippen LogP contribution in [0.3, 0.4) is 0 Å². The van der Waals surface area contributed by atoms with E-state index in [1.54, 1.807) is 0 Å². The highest BCUT2D eigenvalue weighted by atomic mass is 79.9. The van der Waals surface area contributed by atoms with E-state index in [2.05, 4.69) is 92.2 Å². The molecular formula is C52H88Br2S. The Morgan fingerprint density at radius 3 is 0.636 bits per heavy atom. The normalized spacial score (nSPS) is 11.5. The fourth-order valence-corrected chi connectivity index (χ4v) is 9.68. The third-order valence-corrected chi connectivity index (χ3v) is 14.0. The first-order valence-electron chi connectivity index (χ1n) is 24.3. The second-order valence-corrected chi connectivity index (χ2v) is 20.1. The zero-order valence-electron chi connectivity index (χ0n) is 36.1. The first-order valence-corrected chi connectivity index (χ1v) is 27.0. The molecule has 3 heteroatoms. The zero-order valence-corrected chi connectivity index (χ0v) is 40.1. The first-order chi connectivity index (χ1) is 27.2. The van der Waals surface area contributed by atoms with E-state index >= 15 is 0 Å². The van der Waals surface area contributed by atoms with E-state index in [0.29, 0.717) is 0 Å². The van der Waals surface area contributed by atoms with E-state index < -0.39 is 0 Å². The smallest absolute Gasteiger partial charge is 0.0175 e. The number of aryl methyl sites for hydroxylation is 2. The Balaban J connectivity index is 1.12. The Bertz CT molecular complexity index is 951. The van der Waals surface area contributed by atoms with Crippen LogP contribution in [0.25, 0.3) is 0 Å². The van der Waals surface area contributed by atoms with Crippen LogP contribution in [0, 0.1) is 0 Å². The summed E-state index contributed by atoms with van der Waals surface area (Å²) >= 11 is 9.28. The average Bonchev–Trinajstić information content (AvgIpc) is 3.20. The summed E-state index contributed by atoms with van der Waals surface area (Å²) in [6.07, 6.45) is 54.9. The predicted molar refractivity (Wildman–Crippen MR) is 259 cm³/mol. The molecule has 2 rings (SSSR count). The summed E-state index contributed by atoms with van der Waals surface area (Å²) in [4.78, 5) is 0. The molecule has 316 valence electrons. The Morgan fingerprint density at radius 1 is 0.236 bits per heavy atom. The largest absolute Gasteiger partial charge is 0.162 e. The van der Waals surface area contributed by atoms with Gasteiger partial charge >= 0.3 is 0 Å². The van der Waals surface area contributed by atoms with Crippen molar-refractivity contribution in [3.8, 4) is 0 Å². The van der Waals surface area contributed by atoms with Crippen LogP contribution in [0.1, 0.15) is 242 Å². The van der Waals surface area contributed by atoms with Gasteiger partial charge in [-0.2, -0.15) is 11.8 Å². The molecular weight excluding hydrogens is 816 g/mol. The van der Waals surface area contributed by atoms with Crippen LogP contribution in [0.5, 0.6) is 0 Å². The van der Waals surface area contributed by atoms with E-state index in [-0.39, 0.29) is 0 Å². The third kappa shape index (κ3) is 35.4. The van der Waals surface area contributed by atoms with Crippen molar-refractivity contribution in [2.45, 2.75) is 244 Å². The number of rotatable bonds is 42. The van der Waals surface area contributed by atoms with Crippen molar-refractivity contribution in [1.29, 1.82) is 0 Å². The maximum atomic E-state index is 3.53. The molecule has 0 saturated carbocycles. The molecule has 0 fully saturated rings. The molecule has 0 radical (unpaired) electrons. The summed E-state index contributed by atoms with van der Waals surface area (Å²) in [6.45, 7) is 0. The molecule has 2 aromatic carbocycles. The lowest BCUT2D eigenvalue weighted by Gasteiger charge is -2.05. The Kier molecular flexibility index (Phi) is 37.5. The van der Waals surface area contributed by atoms with Gasteiger partial charge < -0.3 is 0 Å². The van der Waals surface area contributed by atoms with Crippen LogP contribution in [0.15, 0.2) is 57.5 Å². The summed E-state index contributed by atoms with van der Waals surface area (Å²) in [5, 5.41) is 0. The van der Waals surface area contributed by atoms with Gasteiger partial charge in [-0.15, -0.1) is 0 Å². The lowest BCUT2D eigenvalue weighted by Crippen LogP contribution is -1.87. The van der Waals surface area contributed by atoms with Crippen LogP contribution in [-0.4, -0.2) is 11.5 Å². The number of thioether (sulfide) groups is 1. The summed E-state index contributed by atoms with van der Waals surface area (Å²) in [5.41, 5.74) is 2.97. The van der Waals surface area contributed by atoms with Gasteiger partial charge in [-0.3, -0.25) is 0 Å². The summed E-state index contributed by atoms with van der Waals surface area (Å²) in [6, 6.07) is 17.7. The molecule has 0 unspecified atom stereocenters. The van der Waals surface area contributed by atoms with Gasteiger partial charge in [0.05, 0.1) is 0 Å². The monoisotopic (exact) mass is 902 g/mol. The van der Waals surface area contributed by atoms with Crippen LogP contribution in [-0.2, 0) is 12.8 Å². The minimum Gasteiger partial charge on any atom is -0.162 e. The van der Waals surface area contributed by atoms with Crippen molar-refractivity contribution >= 4 is 43.6 Å². The predicted octanol–water partition coefficient (Wildman–Crippen LogP) is 19.8. The first kappa shape index (κ1) is 50.9. The van der Waals surface area contributed by atoms with E-state index in [9.17, 15) is 0 Å². The summed E-state index contributed by atoms with van der Waals surface area (Å²) < 4.78 is 2.37. The molecule has 2 aromatic rings. The number of hydrogen-bond donors (Lipinski definition) is 0. The molecule has 0 aliphatic heterocycles. The summed E-state index contributed by atoms with van der Waals surface area (Å²) in [7, 11) is 0. The number of benzene rings is 2. The Hall–Kier alpha value is -0.250. The van der Waals surface area contributed by atoms with Gasteiger partial charge in [-0.25, -0.2) is 0 Å². The van der Waals surface area contributed by atoms with Crippen LogP contribution >= 0.6 is 43.6 Å². The van der Waals surface area contributed by atoms with Gasteiger partial charge in [0.15, 0.2) is 0 Å². The van der Waals surface area contributed by atoms with Crippen molar-refractivity contribution in [2.75, 3.05) is 11.5 Å². The Labute approximate surface area is 365 Å². The van der Waals surface area contributed by atoms with Crippen molar-refractivity contribution < 1.29 is 0 Å². The van der Waals surface area contributed by atoms with Gasteiger partial charge in [-0.1, -0.05) is 262 Å². The van der Waals surface area contributed by atoms with Crippen LogP contribution in [0.4, 0.5) is 0 Å². The molecule has 0 amide bonds. The Morgan fingerprint density at radius 2 is 0.418 bits per heavy atom. The highest BCUT2D eigenvalue weighted by molar-refractivity contribution is 9.10. The molecule has 0 aliphatic carbocycles. The van der Waals surface area contributed by atoms with Crippen molar-refractivity contribution in [2.24, 2.45) is 0 Å². The van der Waals surface area contributed by atoms with Gasteiger partial charge in [0.2, 0.25) is 0 Å². The quantitative estimate of drug-likeness (QED) is 0.0598. The molecule has 0 aromatic heterocycles. The van der Waals surface area contributed by atoms with Crippen LogP contribution < -0.4 is 0 Å². The van der Waals surface area contributed by atoms with E-state index in [4.69, 9.17) is 0 Å². The molecule has 0 heterocycles. The number of hydrogen-bond acceptors (Lipinski definition) is 1. The van der Waals surface area contributed by atoms with Gasteiger partial charge in [-0.05, 0) is 85.4 Å². The molecule has 0 atom stereocenters. The van der Waals surface area contributed by atoms with E-state index in [1.165, 1.54) is 276 Å². The lowest BCUT2D eigenvalue weighted by molar-refractivity contribution is 0.525. The van der Waals surface area contributed by atoms with Crippen molar-refractivity contribution in [1.82, 2.24) is 0 Å². The fourth-order valence-electron chi connectivity index (χ4n) is 8.13. The van der Waals surface area contributed by atoms with Gasteiger partial charge in [0, 0.05) is 8.95 Å². The number of unbranched alkanes of at least 4 members (excludes halogenated alkanes) is 34. The molecule has 55 heavy (non-hydrogen) atoms. The van der Waals surface area contributed by atoms with Gasteiger partial charge in [0.25, 0.3) is 0 Å². The van der Waals surface area contributed by atoms with Crippen LogP contribution in [0.2, 0.25) is 0 Å². The highest BCUT2D eigenvalue weighted by Crippen LogP contribution is 2.19. The maximum absolute atomic E-state index is 3.53. The third-order valence-electron chi connectivity index (χ3n) is 11.8. The van der Waals surface area contributed by atoms with E-state index in [0.717, 1.165) is 0 Å². The van der Waals surface area contributed by atoms with Gasteiger partial charge in [0.1, 0.15) is 0 Å². The molecule has 0 bridgehead atoms.